The van der Waals surface area contributed by atoms with Gasteiger partial charge in [-0.15, -0.1) is 0 Å². The van der Waals surface area contributed by atoms with E-state index in [1.54, 1.807) is 25.1 Å². The smallest absolute Gasteiger partial charge is 0.323 e. The lowest BCUT2D eigenvalue weighted by atomic mass is 9.93. The molecule has 3 amide bonds. The summed E-state index contributed by atoms with van der Waals surface area (Å²) in [6, 6.07) is 4.28. The molecule has 1 fully saturated rings. The highest BCUT2D eigenvalue weighted by Gasteiger charge is 2.49. The molecule has 2 heterocycles. The van der Waals surface area contributed by atoms with Crippen molar-refractivity contribution >= 4 is 33.4 Å². The molecule has 3 rings (SSSR count). The predicted molar refractivity (Wildman–Crippen MR) is 105 cm³/mol. The molecule has 0 radical (unpaired) electrons. The van der Waals surface area contributed by atoms with E-state index >= 15 is 0 Å². The summed E-state index contributed by atoms with van der Waals surface area (Å²) in [5.41, 5.74) is 0.783. The number of nitrogens with one attached hydrogen (secondary N) is 1. The highest BCUT2D eigenvalue weighted by molar-refractivity contribution is 7.92. The SMILES string of the molecule is CCC1(CC)NC(=O)N(CC(=O)c2ccc3c(c2)CCN3S(=O)(=O)CC)C1=O. The molecule has 8 nitrogen and oxygen atoms in total. The molecule has 0 aromatic heterocycles. The van der Waals surface area contributed by atoms with Crippen LogP contribution in [0.4, 0.5) is 10.5 Å². The number of amides is 3. The maximum absolute atomic E-state index is 12.7. The monoisotopic (exact) mass is 407 g/mol. The zero-order chi connectivity index (χ0) is 20.7. The average molecular weight is 407 g/mol. The van der Waals surface area contributed by atoms with Gasteiger partial charge in [-0.2, -0.15) is 0 Å². The average Bonchev–Trinajstić information content (AvgIpc) is 3.22. The third-order valence-corrected chi connectivity index (χ3v) is 7.49. The van der Waals surface area contributed by atoms with Gasteiger partial charge in [-0.3, -0.25) is 18.8 Å². The molecular formula is C19H25N3O5S. The van der Waals surface area contributed by atoms with Gasteiger partial charge in [0.1, 0.15) is 5.54 Å². The molecule has 0 unspecified atom stereocenters. The second-order valence-corrected chi connectivity index (χ2v) is 9.28. The van der Waals surface area contributed by atoms with Gasteiger partial charge in [-0.25, -0.2) is 13.2 Å². The molecule has 152 valence electrons. The van der Waals surface area contributed by atoms with E-state index in [0.717, 1.165) is 10.5 Å². The number of anilines is 1. The quantitative estimate of drug-likeness (QED) is 0.547. The molecule has 28 heavy (non-hydrogen) atoms. The number of hydrogen-bond donors (Lipinski definition) is 1. The summed E-state index contributed by atoms with van der Waals surface area (Å²) in [4.78, 5) is 38.6. The van der Waals surface area contributed by atoms with E-state index in [0.29, 0.717) is 37.1 Å². The number of hydrogen-bond acceptors (Lipinski definition) is 5. The van der Waals surface area contributed by atoms with Gasteiger partial charge in [0, 0.05) is 12.1 Å². The first-order chi connectivity index (χ1) is 13.2. The van der Waals surface area contributed by atoms with Crippen LogP contribution in [0.25, 0.3) is 0 Å². The van der Waals surface area contributed by atoms with Crippen molar-refractivity contribution in [3.8, 4) is 0 Å². The van der Waals surface area contributed by atoms with E-state index < -0.39 is 21.6 Å². The Labute approximate surface area is 164 Å². The number of carbonyl (C=O) groups is 3. The van der Waals surface area contributed by atoms with Crippen LogP contribution >= 0.6 is 0 Å². The first-order valence-corrected chi connectivity index (χ1v) is 11.1. The fourth-order valence-corrected chi connectivity index (χ4v) is 4.93. The third kappa shape index (κ3) is 3.17. The Morgan fingerprint density at radius 1 is 1.18 bits per heavy atom. The number of nitrogens with zero attached hydrogens (tertiary/aromatic N) is 2. The number of carbonyl (C=O) groups excluding carboxylic acids is 3. The second-order valence-electron chi connectivity index (χ2n) is 7.10. The Hall–Kier alpha value is -2.42. The van der Waals surface area contributed by atoms with Crippen LogP contribution in [0, 0.1) is 0 Å². The van der Waals surface area contributed by atoms with E-state index in [4.69, 9.17) is 0 Å². The molecule has 0 aliphatic carbocycles. The van der Waals surface area contributed by atoms with E-state index in [1.807, 2.05) is 13.8 Å². The summed E-state index contributed by atoms with van der Waals surface area (Å²) in [5, 5.41) is 2.71. The summed E-state index contributed by atoms with van der Waals surface area (Å²) in [5.74, 6) is -0.723. The van der Waals surface area contributed by atoms with Crippen LogP contribution in [0.2, 0.25) is 0 Å². The number of rotatable bonds is 7. The number of fused-ring (bicyclic) bond motifs is 1. The maximum atomic E-state index is 12.7. The first-order valence-electron chi connectivity index (χ1n) is 9.49. The van der Waals surface area contributed by atoms with Crippen molar-refractivity contribution in [2.24, 2.45) is 0 Å². The van der Waals surface area contributed by atoms with Gasteiger partial charge < -0.3 is 5.32 Å². The third-order valence-electron chi connectivity index (χ3n) is 5.71. The van der Waals surface area contributed by atoms with Gasteiger partial charge in [0.15, 0.2) is 5.78 Å². The summed E-state index contributed by atoms with van der Waals surface area (Å²) in [6.07, 6.45) is 1.44. The molecule has 0 saturated carbocycles. The molecule has 0 spiro atoms. The molecule has 2 aliphatic rings. The van der Waals surface area contributed by atoms with Gasteiger partial charge in [0.2, 0.25) is 10.0 Å². The highest BCUT2D eigenvalue weighted by Crippen LogP contribution is 2.32. The minimum atomic E-state index is -3.35. The lowest BCUT2D eigenvalue weighted by Crippen LogP contribution is -2.46. The lowest BCUT2D eigenvalue weighted by Gasteiger charge is -2.23. The van der Waals surface area contributed by atoms with Gasteiger partial charge in [0.25, 0.3) is 5.91 Å². The van der Waals surface area contributed by atoms with Crippen molar-refractivity contribution in [2.45, 2.75) is 45.6 Å². The molecule has 1 N–H and O–H groups in total. The lowest BCUT2D eigenvalue weighted by molar-refractivity contribution is -0.131. The number of ketones is 1. The van der Waals surface area contributed by atoms with Crippen LogP contribution in [-0.4, -0.2) is 55.4 Å². The summed E-state index contributed by atoms with van der Waals surface area (Å²) in [7, 11) is -3.35. The van der Waals surface area contributed by atoms with Crippen molar-refractivity contribution in [1.29, 1.82) is 0 Å². The van der Waals surface area contributed by atoms with Gasteiger partial charge >= 0.3 is 6.03 Å². The normalized spacial score (nSPS) is 18.4. The Kier molecular flexibility index (Phi) is 5.22. The van der Waals surface area contributed by atoms with Crippen LogP contribution in [0.1, 0.15) is 49.5 Å². The Morgan fingerprint density at radius 2 is 1.86 bits per heavy atom. The van der Waals surface area contributed by atoms with Crippen LogP contribution in [0.5, 0.6) is 0 Å². The maximum Gasteiger partial charge on any atom is 0.325 e. The second kappa shape index (κ2) is 7.20. The summed E-state index contributed by atoms with van der Waals surface area (Å²) < 4.78 is 25.7. The predicted octanol–water partition coefficient (Wildman–Crippen LogP) is 1.69. The van der Waals surface area contributed by atoms with Crippen molar-refractivity contribution in [3.63, 3.8) is 0 Å². The van der Waals surface area contributed by atoms with Crippen LogP contribution in [0.3, 0.4) is 0 Å². The van der Waals surface area contributed by atoms with E-state index in [-0.39, 0.29) is 24.0 Å². The van der Waals surface area contributed by atoms with Crippen LogP contribution in [-0.2, 0) is 21.2 Å². The number of imide groups is 1. The molecule has 1 saturated heterocycles. The molecule has 0 bridgehead atoms. The fourth-order valence-electron chi connectivity index (χ4n) is 3.77. The molecular weight excluding hydrogens is 382 g/mol. The Morgan fingerprint density at radius 3 is 2.43 bits per heavy atom. The van der Waals surface area contributed by atoms with E-state index in [2.05, 4.69) is 5.32 Å². The molecule has 2 aliphatic heterocycles. The number of Topliss-reactive ketones (excluding diaryl/α,β-unsaturated/α-hetero) is 1. The van der Waals surface area contributed by atoms with Crippen molar-refractivity contribution in [2.75, 3.05) is 23.1 Å². The first kappa shape index (κ1) is 20.3. The number of sulfonamides is 1. The topological polar surface area (TPSA) is 104 Å². The Balaban J connectivity index is 1.80. The van der Waals surface area contributed by atoms with Crippen molar-refractivity contribution in [3.05, 3.63) is 29.3 Å². The van der Waals surface area contributed by atoms with Gasteiger partial charge in [-0.1, -0.05) is 13.8 Å². The standard InChI is InChI=1S/C19H25N3O5S/c1-4-19(5-2)17(24)21(18(25)20-19)12-16(23)14-7-8-15-13(11-14)9-10-22(15)28(26,27)6-3/h7-8,11H,4-6,9-10,12H2,1-3H3,(H,20,25). The minimum Gasteiger partial charge on any atom is -0.323 e. The van der Waals surface area contributed by atoms with E-state index in [1.165, 1.54) is 4.31 Å². The zero-order valence-corrected chi connectivity index (χ0v) is 17.1. The highest BCUT2D eigenvalue weighted by atomic mass is 32.2. The zero-order valence-electron chi connectivity index (χ0n) is 16.3. The summed E-state index contributed by atoms with van der Waals surface area (Å²) >= 11 is 0. The number of benzene rings is 1. The molecule has 1 aromatic carbocycles. The van der Waals surface area contributed by atoms with Crippen LogP contribution in [0.15, 0.2) is 18.2 Å². The van der Waals surface area contributed by atoms with Crippen LogP contribution < -0.4 is 9.62 Å². The minimum absolute atomic E-state index is 0.00983. The van der Waals surface area contributed by atoms with Gasteiger partial charge in [-0.05, 0) is 49.9 Å². The van der Waals surface area contributed by atoms with Crippen molar-refractivity contribution < 1.29 is 22.8 Å². The number of urea groups is 1. The molecule has 9 heteroatoms. The molecule has 1 aromatic rings. The fraction of sp³-hybridized carbons (Fsp3) is 0.526. The largest absolute Gasteiger partial charge is 0.325 e. The van der Waals surface area contributed by atoms with E-state index in [9.17, 15) is 22.8 Å². The molecule has 0 atom stereocenters. The summed E-state index contributed by atoms with van der Waals surface area (Å²) in [6.45, 7) is 5.26. The van der Waals surface area contributed by atoms with Crippen molar-refractivity contribution in [1.82, 2.24) is 10.2 Å². The Bertz CT molecular complexity index is 937. The van der Waals surface area contributed by atoms with Gasteiger partial charge in [0.05, 0.1) is 18.0 Å².